The summed E-state index contributed by atoms with van der Waals surface area (Å²) in [4.78, 5) is 14.5. The number of urea groups is 1. The summed E-state index contributed by atoms with van der Waals surface area (Å²) in [5.74, 6) is 1.63. The van der Waals surface area contributed by atoms with Crippen LogP contribution in [0.4, 0.5) is 10.5 Å². The first-order chi connectivity index (χ1) is 12.9. The predicted molar refractivity (Wildman–Crippen MR) is 103 cm³/mol. The molecule has 2 aliphatic rings. The molecule has 2 amide bonds. The number of fused-ring (bicyclic) bond motifs is 4. The monoisotopic (exact) mass is 408 g/mol. The molecular weight excluding hydrogens is 391 g/mol. The molecule has 2 atom stereocenters. The molecule has 0 radical (unpaired) electrons. The molecule has 1 saturated heterocycles. The second-order valence-electron chi connectivity index (χ2n) is 6.66. The Balaban J connectivity index is 1.80. The van der Waals surface area contributed by atoms with Crippen LogP contribution in [0, 0.1) is 0 Å². The average Bonchev–Trinajstić information content (AvgIpc) is 2.62. The number of benzene rings is 2. The van der Waals surface area contributed by atoms with Gasteiger partial charge in [-0.25, -0.2) is 4.79 Å². The molecule has 1 fully saturated rings. The van der Waals surface area contributed by atoms with Crippen LogP contribution in [0.5, 0.6) is 17.2 Å². The molecule has 4 rings (SSSR count). The highest BCUT2D eigenvalue weighted by Crippen LogP contribution is 2.49. The van der Waals surface area contributed by atoms with Gasteiger partial charge in [-0.1, -0.05) is 23.2 Å². The highest BCUT2D eigenvalue weighted by molar-refractivity contribution is 6.35. The summed E-state index contributed by atoms with van der Waals surface area (Å²) in [6.07, 6.45) is 0.538. The lowest BCUT2D eigenvalue weighted by Crippen LogP contribution is -2.65. The number of carbonyl (C=O) groups excluding carboxylic acids is 1. The number of nitrogens with zero attached hydrogens (tertiary/aromatic N) is 1. The number of anilines is 1. The zero-order valence-corrected chi connectivity index (χ0v) is 16.5. The van der Waals surface area contributed by atoms with Crippen molar-refractivity contribution >= 4 is 34.9 Å². The van der Waals surface area contributed by atoms with Gasteiger partial charge in [0.15, 0.2) is 17.2 Å². The zero-order valence-electron chi connectivity index (χ0n) is 15.0. The third-order valence-corrected chi connectivity index (χ3v) is 5.42. The van der Waals surface area contributed by atoms with Crippen LogP contribution in [0.1, 0.15) is 24.9 Å². The van der Waals surface area contributed by atoms with Crippen molar-refractivity contribution in [1.29, 1.82) is 0 Å². The van der Waals surface area contributed by atoms with Crippen LogP contribution in [0.15, 0.2) is 30.3 Å². The Kier molecular flexibility index (Phi) is 4.28. The van der Waals surface area contributed by atoms with Gasteiger partial charge in [0.25, 0.3) is 0 Å². The van der Waals surface area contributed by atoms with Crippen molar-refractivity contribution in [3.8, 4) is 17.2 Å². The maximum absolute atomic E-state index is 12.9. The van der Waals surface area contributed by atoms with Crippen LogP contribution in [0.2, 0.25) is 10.0 Å². The Morgan fingerprint density at radius 2 is 1.93 bits per heavy atom. The number of rotatable bonds is 3. The molecule has 2 aliphatic heterocycles. The van der Waals surface area contributed by atoms with Crippen molar-refractivity contribution in [3.05, 3.63) is 45.9 Å². The van der Waals surface area contributed by atoms with Gasteiger partial charge in [0.2, 0.25) is 0 Å². The molecule has 142 valence electrons. The van der Waals surface area contributed by atoms with Gasteiger partial charge >= 0.3 is 6.03 Å². The molecule has 2 aromatic rings. The summed E-state index contributed by atoms with van der Waals surface area (Å²) in [6, 6.07) is 8.18. The van der Waals surface area contributed by atoms with Gasteiger partial charge in [0.05, 0.1) is 31.0 Å². The van der Waals surface area contributed by atoms with Gasteiger partial charge in [-0.3, -0.25) is 4.90 Å². The van der Waals surface area contributed by atoms with E-state index >= 15 is 0 Å². The Bertz CT molecular complexity index is 936. The van der Waals surface area contributed by atoms with Crippen LogP contribution in [0.25, 0.3) is 0 Å². The fourth-order valence-corrected chi connectivity index (χ4v) is 4.29. The number of hydrogen-bond acceptors (Lipinski definition) is 4. The van der Waals surface area contributed by atoms with Crippen LogP contribution in [-0.2, 0) is 0 Å². The van der Waals surface area contributed by atoms with Gasteiger partial charge in [-0.2, -0.15) is 0 Å². The topological polar surface area (TPSA) is 60.0 Å². The lowest BCUT2D eigenvalue weighted by atomic mass is 9.90. The van der Waals surface area contributed by atoms with Crippen LogP contribution in [-0.4, -0.2) is 26.0 Å². The van der Waals surface area contributed by atoms with E-state index in [1.807, 2.05) is 6.92 Å². The molecule has 2 bridgehead atoms. The molecule has 1 N–H and O–H groups in total. The minimum Gasteiger partial charge on any atom is -0.493 e. The Morgan fingerprint density at radius 1 is 1.19 bits per heavy atom. The Labute approximate surface area is 166 Å². The van der Waals surface area contributed by atoms with Crippen molar-refractivity contribution in [3.63, 3.8) is 0 Å². The van der Waals surface area contributed by atoms with Gasteiger partial charge in [-0.05, 0) is 31.2 Å². The maximum atomic E-state index is 12.9. The highest BCUT2D eigenvalue weighted by Gasteiger charge is 2.50. The number of hydrogen-bond donors (Lipinski definition) is 1. The quantitative estimate of drug-likeness (QED) is 0.793. The Morgan fingerprint density at radius 3 is 2.63 bits per heavy atom. The fourth-order valence-electron chi connectivity index (χ4n) is 3.75. The average molecular weight is 409 g/mol. The third kappa shape index (κ3) is 2.84. The zero-order chi connectivity index (χ0) is 19.3. The second-order valence-corrected chi connectivity index (χ2v) is 7.51. The van der Waals surface area contributed by atoms with E-state index in [2.05, 4.69) is 5.32 Å². The molecule has 0 aromatic heterocycles. The van der Waals surface area contributed by atoms with Crippen LogP contribution in [0.3, 0.4) is 0 Å². The van der Waals surface area contributed by atoms with E-state index < -0.39 is 5.72 Å². The summed E-state index contributed by atoms with van der Waals surface area (Å²) in [5.41, 5.74) is 0.488. The lowest BCUT2D eigenvalue weighted by molar-refractivity contribution is 0.0379. The normalized spacial score (nSPS) is 23.2. The smallest absolute Gasteiger partial charge is 0.325 e. The molecule has 0 unspecified atom stereocenters. The van der Waals surface area contributed by atoms with Crippen molar-refractivity contribution in [1.82, 2.24) is 5.32 Å². The number of amides is 2. The lowest BCUT2D eigenvalue weighted by Gasteiger charge is -2.50. The first-order valence-corrected chi connectivity index (χ1v) is 9.12. The molecule has 2 aromatic carbocycles. The van der Waals surface area contributed by atoms with E-state index in [0.717, 1.165) is 5.56 Å². The van der Waals surface area contributed by atoms with Crippen molar-refractivity contribution in [2.75, 3.05) is 19.1 Å². The van der Waals surface area contributed by atoms with Gasteiger partial charge in [-0.15, -0.1) is 0 Å². The van der Waals surface area contributed by atoms with Gasteiger partial charge < -0.3 is 19.5 Å². The first kappa shape index (κ1) is 18.1. The SMILES string of the molecule is COc1ccc(N2C(=O)N[C@H]3C[C@@]2(C)Oc2c(Cl)cc(Cl)cc23)cc1OC. The summed E-state index contributed by atoms with van der Waals surface area (Å²) >= 11 is 12.5. The van der Waals surface area contributed by atoms with Crippen molar-refractivity contribution in [2.45, 2.75) is 25.1 Å². The fraction of sp³-hybridized carbons (Fsp3) is 0.316. The number of ether oxygens (including phenoxy) is 3. The molecule has 0 saturated carbocycles. The van der Waals surface area contributed by atoms with E-state index in [-0.39, 0.29) is 12.1 Å². The number of nitrogens with one attached hydrogen (secondary N) is 1. The molecule has 8 heteroatoms. The third-order valence-electron chi connectivity index (χ3n) is 4.92. The molecule has 2 heterocycles. The summed E-state index contributed by atoms with van der Waals surface area (Å²) in [5, 5.41) is 3.93. The van der Waals surface area contributed by atoms with Crippen molar-refractivity contribution < 1.29 is 19.0 Å². The van der Waals surface area contributed by atoms with Crippen LogP contribution >= 0.6 is 23.2 Å². The summed E-state index contributed by atoms with van der Waals surface area (Å²) in [7, 11) is 3.11. The second kappa shape index (κ2) is 6.39. The largest absolute Gasteiger partial charge is 0.493 e. The van der Waals surface area contributed by atoms with E-state index in [0.29, 0.717) is 39.4 Å². The first-order valence-electron chi connectivity index (χ1n) is 8.37. The number of carbonyl (C=O) groups is 1. The maximum Gasteiger partial charge on any atom is 0.325 e. The minimum atomic E-state index is -0.920. The highest BCUT2D eigenvalue weighted by atomic mass is 35.5. The standard InChI is InChI=1S/C19H18Cl2N2O4/c1-19-9-14(12-6-10(20)7-13(21)17(12)27-19)22-18(24)23(19)11-4-5-15(25-2)16(8-11)26-3/h4-8,14H,9H2,1-3H3,(H,22,24)/t14-,19+/m0/s1. The Hall–Kier alpha value is -2.31. The van der Waals surface area contributed by atoms with E-state index in [4.69, 9.17) is 37.4 Å². The predicted octanol–water partition coefficient (Wildman–Crippen LogP) is 4.78. The molecule has 27 heavy (non-hydrogen) atoms. The molecule has 0 spiro atoms. The molecular formula is C19H18Cl2N2O4. The molecule has 6 nitrogen and oxygen atoms in total. The number of halogens is 2. The van der Waals surface area contributed by atoms with E-state index in [1.54, 1.807) is 49.5 Å². The molecule has 0 aliphatic carbocycles. The van der Waals surface area contributed by atoms with Crippen LogP contribution < -0.4 is 24.4 Å². The van der Waals surface area contributed by atoms with E-state index in [9.17, 15) is 4.79 Å². The van der Waals surface area contributed by atoms with Crippen molar-refractivity contribution in [2.24, 2.45) is 0 Å². The minimum absolute atomic E-state index is 0.237. The van der Waals surface area contributed by atoms with Gasteiger partial charge in [0, 0.05) is 23.1 Å². The van der Waals surface area contributed by atoms with E-state index in [1.165, 1.54) is 0 Å². The summed E-state index contributed by atoms with van der Waals surface area (Å²) in [6.45, 7) is 1.86. The summed E-state index contributed by atoms with van der Waals surface area (Å²) < 4.78 is 16.9. The number of methoxy groups -OCH3 is 2. The van der Waals surface area contributed by atoms with Gasteiger partial charge in [0.1, 0.15) is 5.75 Å².